The minimum atomic E-state index is 0.362. The van der Waals surface area contributed by atoms with E-state index in [1.807, 2.05) is 18.2 Å². The van der Waals surface area contributed by atoms with Crippen molar-refractivity contribution in [1.82, 2.24) is 0 Å². The highest BCUT2D eigenvalue weighted by atomic mass is 79.9. The molecule has 0 aliphatic carbocycles. The molecule has 1 atom stereocenters. The maximum absolute atomic E-state index is 5.96. The molecule has 0 aliphatic rings. The number of hydrogen-bond acceptors (Lipinski definition) is 2. The van der Waals surface area contributed by atoms with Crippen LogP contribution in [-0.2, 0) is 11.2 Å². The molecule has 0 aliphatic heterocycles. The summed E-state index contributed by atoms with van der Waals surface area (Å²) in [5.74, 6) is 0.890. The number of hydrogen-bond donors (Lipinski definition) is 0. The summed E-state index contributed by atoms with van der Waals surface area (Å²) in [5, 5.41) is 0.744. The van der Waals surface area contributed by atoms with Gasteiger partial charge in [-0.3, -0.25) is 0 Å². The quantitative estimate of drug-likeness (QED) is 0.746. The van der Waals surface area contributed by atoms with Crippen LogP contribution < -0.4 is 4.74 Å². The van der Waals surface area contributed by atoms with Crippen molar-refractivity contribution in [3.05, 3.63) is 28.8 Å². The number of aryl methyl sites for hydroxylation is 1. The Bertz CT molecular complexity index is 331. The molecule has 0 N–H and O–H groups in total. The van der Waals surface area contributed by atoms with Crippen molar-refractivity contribution in [2.24, 2.45) is 0 Å². The average molecular weight is 308 g/mol. The Balaban J connectivity index is 2.61. The van der Waals surface area contributed by atoms with Crippen LogP contribution >= 0.6 is 27.5 Å². The van der Waals surface area contributed by atoms with Gasteiger partial charge in [0.25, 0.3) is 0 Å². The van der Waals surface area contributed by atoms with Crippen molar-refractivity contribution in [3.8, 4) is 5.75 Å². The maximum atomic E-state index is 5.96. The van der Waals surface area contributed by atoms with Crippen molar-refractivity contribution in [1.29, 1.82) is 0 Å². The first kappa shape index (κ1) is 13.8. The second-order valence-corrected chi connectivity index (χ2v) is 5.28. The van der Waals surface area contributed by atoms with Crippen LogP contribution in [0.5, 0.6) is 5.75 Å². The molecular weight excluding hydrogens is 291 g/mol. The van der Waals surface area contributed by atoms with Gasteiger partial charge in [0, 0.05) is 17.0 Å². The van der Waals surface area contributed by atoms with E-state index in [-0.39, 0.29) is 0 Å². The molecule has 1 aromatic carbocycles. The van der Waals surface area contributed by atoms with Crippen LogP contribution in [0.25, 0.3) is 0 Å². The van der Waals surface area contributed by atoms with Gasteiger partial charge in [0.05, 0.1) is 13.7 Å². The highest BCUT2D eigenvalue weighted by Crippen LogP contribution is 2.25. The van der Waals surface area contributed by atoms with Crippen LogP contribution in [-0.4, -0.2) is 25.7 Å². The second kappa shape index (κ2) is 7.15. The van der Waals surface area contributed by atoms with E-state index in [1.165, 1.54) is 0 Å². The Labute approximate surface area is 110 Å². The van der Waals surface area contributed by atoms with Gasteiger partial charge in [-0.25, -0.2) is 0 Å². The minimum Gasteiger partial charge on any atom is -0.496 e. The van der Waals surface area contributed by atoms with Crippen molar-refractivity contribution in [2.75, 3.05) is 20.8 Å². The van der Waals surface area contributed by atoms with E-state index >= 15 is 0 Å². The molecule has 4 heteroatoms. The predicted molar refractivity (Wildman–Crippen MR) is 70.9 cm³/mol. The molecule has 1 rings (SSSR count). The highest BCUT2D eigenvalue weighted by Gasteiger charge is 2.08. The summed E-state index contributed by atoms with van der Waals surface area (Å²) in [5.41, 5.74) is 1.13. The van der Waals surface area contributed by atoms with Gasteiger partial charge in [-0.05, 0) is 36.6 Å². The molecule has 0 spiro atoms. The van der Waals surface area contributed by atoms with Crippen LogP contribution in [0.4, 0.5) is 0 Å². The zero-order valence-electron chi connectivity index (χ0n) is 9.50. The van der Waals surface area contributed by atoms with Crippen LogP contribution in [0, 0.1) is 0 Å². The third kappa shape index (κ3) is 4.32. The average Bonchev–Trinajstić information content (AvgIpc) is 2.27. The SMILES string of the molecule is COCC(Br)CCc1cc(Cl)ccc1OC. The van der Waals surface area contributed by atoms with Crippen molar-refractivity contribution in [3.63, 3.8) is 0 Å². The molecule has 1 aromatic rings. The standard InChI is InChI=1S/C12H16BrClO2/c1-15-8-10(13)4-3-9-7-11(14)5-6-12(9)16-2/h5-7,10H,3-4,8H2,1-2H3. The number of methoxy groups -OCH3 is 2. The molecule has 0 saturated carbocycles. The summed E-state index contributed by atoms with van der Waals surface area (Å²) in [6.45, 7) is 0.711. The second-order valence-electron chi connectivity index (χ2n) is 3.55. The van der Waals surface area contributed by atoms with Gasteiger partial charge in [-0.2, -0.15) is 0 Å². The molecule has 1 unspecified atom stereocenters. The van der Waals surface area contributed by atoms with E-state index in [9.17, 15) is 0 Å². The smallest absolute Gasteiger partial charge is 0.122 e. The summed E-state index contributed by atoms with van der Waals surface area (Å²) < 4.78 is 10.4. The first-order valence-corrected chi connectivity index (χ1v) is 6.42. The largest absolute Gasteiger partial charge is 0.496 e. The van der Waals surface area contributed by atoms with E-state index in [0.29, 0.717) is 11.4 Å². The first-order chi connectivity index (χ1) is 7.67. The van der Waals surface area contributed by atoms with E-state index in [0.717, 1.165) is 29.2 Å². The molecular formula is C12H16BrClO2. The van der Waals surface area contributed by atoms with Crippen molar-refractivity contribution >= 4 is 27.5 Å². The van der Waals surface area contributed by atoms with Crippen molar-refractivity contribution in [2.45, 2.75) is 17.7 Å². The van der Waals surface area contributed by atoms with Gasteiger partial charge in [0.2, 0.25) is 0 Å². The predicted octanol–water partition coefficient (Wildman–Crippen LogP) is 3.69. The fourth-order valence-corrected chi connectivity index (χ4v) is 2.21. The van der Waals surface area contributed by atoms with Crippen LogP contribution in [0.2, 0.25) is 5.02 Å². The van der Waals surface area contributed by atoms with Crippen molar-refractivity contribution < 1.29 is 9.47 Å². The Kier molecular flexibility index (Phi) is 6.17. The monoisotopic (exact) mass is 306 g/mol. The lowest BCUT2D eigenvalue weighted by atomic mass is 10.1. The number of benzene rings is 1. The normalized spacial score (nSPS) is 12.5. The molecule has 0 saturated heterocycles. The summed E-state index contributed by atoms with van der Waals surface area (Å²) in [4.78, 5) is 0.362. The Morgan fingerprint density at radius 1 is 1.38 bits per heavy atom. The van der Waals surface area contributed by atoms with Crippen LogP contribution in [0.15, 0.2) is 18.2 Å². The molecule has 90 valence electrons. The zero-order chi connectivity index (χ0) is 12.0. The molecule has 0 fully saturated rings. The lowest BCUT2D eigenvalue weighted by Crippen LogP contribution is -2.08. The maximum Gasteiger partial charge on any atom is 0.122 e. The fraction of sp³-hybridized carbons (Fsp3) is 0.500. The fourth-order valence-electron chi connectivity index (χ4n) is 1.52. The number of ether oxygens (including phenoxy) is 2. The number of alkyl halides is 1. The summed E-state index contributed by atoms with van der Waals surface area (Å²) >= 11 is 9.52. The summed E-state index contributed by atoms with van der Waals surface area (Å²) in [6, 6.07) is 5.69. The van der Waals surface area contributed by atoms with Gasteiger partial charge >= 0.3 is 0 Å². The van der Waals surface area contributed by atoms with E-state index in [4.69, 9.17) is 21.1 Å². The molecule has 0 heterocycles. The van der Waals surface area contributed by atoms with E-state index in [1.54, 1.807) is 14.2 Å². The first-order valence-electron chi connectivity index (χ1n) is 5.12. The van der Waals surface area contributed by atoms with E-state index in [2.05, 4.69) is 15.9 Å². The molecule has 0 amide bonds. The Hall–Kier alpha value is -0.250. The van der Waals surface area contributed by atoms with Gasteiger partial charge in [0.1, 0.15) is 5.75 Å². The molecule has 0 radical (unpaired) electrons. The zero-order valence-corrected chi connectivity index (χ0v) is 11.8. The van der Waals surface area contributed by atoms with Gasteiger partial charge in [0.15, 0.2) is 0 Å². The van der Waals surface area contributed by atoms with Crippen LogP contribution in [0.3, 0.4) is 0 Å². The number of rotatable bonds is 6. The third-order valence-corrected chi connectivity index (χ3v) is 3.27. The van der Waals surface area contributed by atoms with Gasteiger partial charge < -0.3 is 9.47 Å². The van der Waals surface area contributed by atoms with Gasteiger partial charge in [-0.1, -0.05) is 27.5 Å². The third-order valence-electron chi connectivity index (χ3n) is 2.32. The summed E-state index contributed by atoms with van der Waals surface area (Å²) in [6.07, 6.45) is 1.91. The molecule has 16 heavy (non-hydrogen) atoms. The highest BCUT2D eigenvalue weighted by molar-refractivity contribution is 9.09. The topological polar surface area (TPSA) is 18.5 Å². The lowest BCUT2D eigenvalue weighted by Gasteiger charge is -2.11. The van der Waals surface area contributed by atoms with E-state index < -0.39 is 0 Å². The minimum absolute atomic E-state index is 0.362. The lowest BCUT2D eigenvalue weighted by molar-refractivity contribution is 0.198. The molecule has 0 bridgehead atoms. The summed E-state index contributed by atoms with van der Waals surface area (Å²) in [7, 11) is 3.38. The molecule has 0 aromatic heterocycles. The Morgan fingerprint density at radius 3 is 2.75 bits per heavy atom. The Morgan fingerprint density at radius 2 is 2.12 bits per heavy atom. The number of halogens is 2. The van der Waals surface area contributed by atoms with Crippen LogP contribution in [0.1, 0.15) is 12.0 Å². The van der Waals surface area contributed by atoms with Gasteiger partial charge in [-0.15, -0.1) is 0 Å². The molecule has 2 nitrogen and oxygen atoms in total.